The summed E-state index contributed by atoms with van der Waals surface area (Å²) in [5.41, 5.74) is 8.43. The normalized spacial score (nSPS) is 22.9. The Balaban J connectivity index is 2.10. The number of aliphatic imine (C=N–C) groups is 1. The predicted octanol–water partition coefficient (Wildman–Crippen LogP) is 3.39. The van der Waals surface area contributed by atoms with E-state index in [1.165, 1.54) is 4.90 Å². The van der Waals surface area contributed by atoms with Gasteiger partial charge in [0.25, 0.3) is 0 Å². The summed E-state index contributed by atoms with van der Waals surface area (Å²) >= 11 is 0. The fourth-order valence-electron chi connectivity index (χ4n) is 3.63. The molecular formula is C21H25N3O2. The van der Waals surface area contributed by atoms with E-state index in [-0.39, 0.29) is 17.8 Å². The molecule has 0 saturated heterocycles. The van der Waals surface area contributed by atoms with Crippen molar-refractivity contribution < 1.29 is 9.53 Å². The van der Waals surface area contributed by atoms with Crippen molar-refractivity contribution in [2.75, 3.05) is 14.2 Å². The van der Waals surface area contributed by atoms with E-state index in [1.54, 1.807) is 14.2 Å². The van der Waals surface area contributed by atoms with Gasteiger partial charge in [-0.05, 0) is 48.2 Å². The van der Waals surface area contributed by atoms with E-state index in [2.05, 4.69) is 6.07 Å². The highest BCUT2D eigenvalue weighted by Crippen LogP contribution is 2.40. The highest BCUT2D eigenvalue weighted by Gasteiger charge is 2.45. The number of amides is 1. The van der Waals surface area contributed by atoms with Crippen LogP contribution in [0.15, 0.2) is 53.5 Å². The maximum atomic E-state index is 12.7. The Kier molecular flexibility index (Phi) is 4.72. The van der Waals surface area contributed by atoms with Gasteiger partial charge in [-0.2, -0.15) is 0 Å². The van der Waals surface area contributed by atoms with E-state index < -0.39 is 5.54 Å². The summed E-state index contributed by atoms with van der Waals surface area (Å²) in [5, 5.41) is 0. The lowest BCUT2D eigenvalue weighted by molar-refractivity contribution is -0.134. The van der Waals surface area contributed by atoms with Crippen molar-refractivity contribution in [1.82, 2.24) is 4.90 Å². The highest BCUT2D eigenvalue weighted by atomic mass is 16.5. The molecule has 1 aliphatic heterocycles. The van der Waals surface area contributed by atoms with Crippen LogP contribution < -0.4 is 10.5 Å². The van der Waals surface area contributed by atoms with E-state index in [1.807, 2.05) is 56.3 Å². The number of hydrogen-bond acceptors (Lipinski definition) is 4. The first kappa shape index (κ1) is 18.0. The monoisotopic (exact) mass is 351 g/mol. The summed E-state index contributed by atoms with van der Waals surface area (Å²) < 4.78 is 5.33. The van der Waals surface area contributed by atoms with Gasteiger partial charge in [0.05, 0.1) is 18.6 Å². The first-order valence-electron chi connectivity index (χ1n) is 8.78. The van der Waals surface area contributed by atoms with Crippen LogP contribution in [0.5, 0.6) is 5.75 Å². The third-order valence-electron chi connectivity index (χ3n) is 5.26. The van der Waals surface area contributed by atoms with Crippen LogP contribution in [0.3, 0.4) is 0 Å². The number of ether oxygens (including phenoxy) is 1. The van der Waals surface area contributed by atoms with Gasteiger partial charge in [0.15, 0.2) is 5.96 Å². The summed E-state index contributed by atoms with van der Waals surface area (Å²) in [4.78, 5) is 18.9. The van der Waals surface area contributed by atoms with E-state index in [4.69, 9.17) is 15.5 Å². The second-order valence-corrected chi connectivity index (χ2v) is 6.79. The van der Waals surface area contributed by atoms with Crippen LogP contribution in [-0.4, -0.2) is 30.9 Å². The van der Waals surface area contributed by atoms with Gasteiger partial charge in [0.2, 0.25) is 5.91 Å². The third-order valence-corrected chi connectivity index (χ3v) is 5.26. The Labute approximate surface area is 154 Å². The molecule has 1 amide bonds. The molecule has 0 fully saturated rings. The van der Waals surface area contributed by atoms with Gasteiger partial charge >= 0.3 is 0 Å². The summed E-state index contributed by atoms with van der Waals surface area (Å²) in [5.74, 6) is 0.825. The molecule has 2 aromatic carbocycles. The van der Waals surface area contributed by atoms with Crippen LogP contribution in [0.2, 0.25) is 0 Å². The van der Waals surface area contributed by atoms with Crippen molar-refractivity contribution in [3.8, 4) is 16.9 Å². The number of guanidine groups is 1. The Bertz CT molecular complexity index is 862. The zero-order valence-electron chi connectivity index (χ0n) is 15.7. The van der Waals surface area contributed by atoms with Crippen molar-refractivity contribution in [1.29, 1.82) is 0 Å². The topological polar surface area (TPSA) is 67.9 Å². The van der Waals surface area contributed by atoms with Crippen LogP contribution in [0, 0.1) is 5.92 Å². The maximum absolute atomic E-state index is 12.7. The average molecular weight is 351 g/mol. The van der Waals surface area contributed by atoms with Crippen molar-refractivity contribution in [2.24, 2.45) is 16.6 Å². The number of rotatable bonds is 4. The minimum atomic E-state index is -0.683. The molecule has 0 bridgehead atoms. The van der Waals surface area contributed by atoms with Gasteiger partial charge in [0.1, 0.15) is 5.75 Å². The maximum Gasteiger partial charge on any atom is 0.234 e. The van der Waals surface area contributed by atoms with Crippen molar-refractivity contribution in [2.45, 2.75) is 25.8 Å². The molecule has 0 aliphatic carbocycles. The summed E-state index contributed by atoms with van der Waals surface area (Å²) in [6.07, 6.45) is 0.694. The van der Waals surface area contributed by atoms with Crippen molar-refractivity contribution in [3.05, 3.63) is 54.1 Å². The first-order valence-corrected chi connectivity index (χ1v) is 8.78. The Morgan fingerprint density at radius 2 is 1.85 bits per heavy atom. The minimum absolute atomic E-state index is 0.00860. The van der Waals surface area contributed by atoms with Crippen LogP contribution in [0.25, 0.3) is 11.1 Å². The number of hydrogen-bond donors (Lipinski definition) is 1. The molecule has 1 heterocycles. The second-order valence-electron chi connectivity index (χ2n) is 6.79. The number of benzene rings is 2. The van der Waals surface area contributed by atoms with Gasteiger partial charge in [-0.3, -0.25) is 9.69 Å². The second kappa shape index (κ2) is 6.83. The molecule has 5 heteroatoms. The molecule has 0 aromatic heterocycles. The Hall–Kier alpha value is -2.82. The lowest BCUT2D eigenvalue weighted by atomic mass is 9.76. The average Bonchev–Trinajstić information content (AvgIpc) is 2.67. The number of nitrogens with zero attached hydrogens (tertiary/aromatic N) is 2. The van der Waals surface area contributed by atoms with Crippen LogP contribution >= 0.6 is 0 Å². The highest BCUT2D eigenvalue weighted by molar-refractivity contribution is 6.00. The molecule has 1 unspecified atom stereocenters. The summed E-state index contributed by atoms with van der Waals surface area (Å²) in [6.45, 7) is 4.00. The van der Waals surface area contributed by atoms with E-state index in [0.29, 0.717) is 6.42 Å². The fourth-order valence-corrected chi connectivity index (χ4v) is 3.63. The lowest BCUT2D eigenvalue weighted by Crippen LogP contribution is -2.53. The van der Waals surface area contributed by atoms with Crippen molar-refractivity contribution >= 4 is 11.9 Å². The molecule has 136 valence electrons. The number of carbonyl (C=O) groups excluding carboxylic acids is 1. The van der Waals surface area contributed by atoms with E-state index in [9.17, 15) is 4.79 Å². The molecule has 0 radical (unpaired) electrons. The Morgan fingerprint density at radius 1 is 1.19 bits per heavy atom. The zero-order valence-corrected chi connectivity index (χ0v) is 15.7. The third kappa shape index (κ3) is 2.94. The molecule has 0 spiro atoms. The molecule has 2 aromatic rings. The molecule has 0 saturated carbocycles. The number of carbonyl (C=O) groups is 1. The smallest absolute Gasteiger partial charge is 0.234 e. The molecular weight excluding hydrogens is 326 g/mol. The van der Waals surface area contributed by atoms with Crippen LogP contribution in [-0.2, 0) is 10.3 Å². The van der Waals surface area contributed by atoms with Crippen LogP contribution in [0.4, 0.5) is 0 Å². The SMILES string of the molecule is CC[C@H]1C(=O)N(C)C(N)=NC1(C)c1cccc(-c2cccc(OC)c2)c1. The fraction of sp³-hybridized carbons (Fsp3) is 0.333. The number of nitrogens with two attached hydrogens (primary N) is 1. The molecule has 2 atom stereocenters. The predicted molar refractivity (Wildman–Crippen MR) is 104 cm³/mol. The van der Waals surface area contributed by atoms with Gasteiger partial charge in [-0.25, -0.2) is 4.99 Å². The lowest BCUT2D eigenvalue weighted by Gasteiger charge is -2.40. The molecule has 3 rings (SSSR count). The van der Waals surface area contributed by atoms with Crippen molar-refractivity contribution in [3.63, 3.8) is 0 Å². The minimum Gasteiger partial charge on any atom is -0.497 e. The molecule has 5 nitrogen and oxygen atoms in total. The molecule has 2 N–H and O–H groups in total. The quantitative estimate of drug-likeness (QED) is 0.918. The largest absolute Gasteiger partial charge is 0.497 e. The van der Waals surface area contributed by atoms with Gasteiger partial charge in [0, 0.05) is 7.05 Å². The first-order chi connectivity index (χ1) is 12.4. The van der Waals surface area contributed by atoms with Gasteiger partial charge in [-0.1, -0.05) is 37.3 Å². The number of methoxy groups -OCH3 is 1. The summed E-state index contributed by atoms with van der Waals surface area (Å²) in [6, 6.07) is 16.1. The summed E-state index contributed by atoms with van der Waals surface area (Å²) in [7, 11) is 3.33. The van der Waals surface area contributed by atoms with Gasteiger partial charge in [-0.15, -0.1) is 0 Å². The Morgan fingerprint density at radius 3 is 2.50 bits per heavy atom. The van der Waals surface area contributed by atoms with Gasteiger partial charge < -0.3 is 10.5 Å². The van der Waals surface area contributed by atoms with E-state index >= 15 is 0 Å². The standard InChI is InChI=1S/C21H25N3O2/c1-5-18-19(25)24(3)20(22)23-21(18,2)16-10-6-8-14(12-16)15-9-7-11-17(13-15)26-4/h6-13,18H,5H2,1-4H3,(H2,22,23)/t18-,21?/m0/s1. The molecule has 1 aliphatic rings. The van der Waals surface area contributed by atoms with E-state index in [0.717, 1.165) is 22.4 Å². The zero-order chi connectivity index (χ0) is 18.9. The molecule has 26 heavy (non-hydrogen) atoms. The van der Waals surface area contributed by atoms with Crippen LogP contribution in [0.1, 0.15) is 25.8 Å².